The summed E-state index contributed by atoms with van der Waals surface area (Å²) < 4.78 is 5.27. The molecule has 0 saturated heterocycles. The van der Waals surface area contributed by atoms with Crippen LogP contribution in [0.3, 0.4) is 0 Å². The standard InChI is InChI=1S/C16H17NO4/c1-5-14(21-4)15-12-8-11(9(2)18)6-7-13(12)17(10(3)19)16(15)20/h6-8H,5H2,1-4H3/b15-14+. The average molecular weight is 287 g/mol. The van der Waals surface area contributed by atoms with E-state index in [1.165, 1.54) is 21.0 Å². The number of methoxy groups -OCH3 is 1. The first-order chi connectivity index (χ1) is 9.92. The van der Waals surface area contributed by atoms with E-state index in [2.05, 4.69) is 0 Å². The summed E-state index contributed by atoms with van der Waals surface area (Å²) in [6, 6.07) is 4.88. The predicted octanol–water partition coefficient (Wildman–Crippen LogP) is 2.55. The van der Waals surface area contributed by atoms with Gasteiger partial charge in [0.25, 0.3) is 5.91 Å². The molecule has 0 aromatic heterocycles. The predicted molar refractivity (Wildman–Crippen MR) is 78.8 cm³/mol. The number of fused-ring (bicyclic) bond motifs is 1. The van der Waals surface area contributed by atoms with Gasteiger partial charge < -0.3 is 4.74 Å². The second kappa shape index (κ2) is 5.52. The van der Waals surface area contributed by atoms with Crippen molar-refractivity contribution in [2.45, 2.75) is 27.2 Å². The van der Waals surface area contributed by atoms with Crippen molar-refractivity contribution < 1.29 is 19.1 Å². The Morgan fingerprint density at radius 3 is 2.38 bits per heavy atom. The van der Waals surface area contributed by atoms with Gasteiger partial charge in [-0.3, -0.25) is 14.4 Å². The maximum Gasteiger partial charge on any atom is 0.269 e. The summed E-state index contributed by atoms with van der Waals surface area (Å²) in [5.74, 6) is -0.359. The van der Waals surface area contributed by atoms with Crippen molar-refractivity contribution in [3.8, 4) is 0 Å². The van der Waals surface area contributed by atoms with Crippen LogP contribution < -0.4 is 4.90 Å². The number of ketones is 1. The first-order valence-corrected chi connectivity index (χ1v) is 6.69. The smallest absolute Gasteiger partial charge is 0.269 e. The third-order valence-corrected chi connectivity index (χ3v) is 3.49. The molecule has 5 heteroatoms. The van der Waals surface area contributed by atoms with Crippen LogP contribution in [0.25, 0.3) is 5.57 Å². The fraction of sp³-hybridized carbons (Fsp3) is 0.312. The highest BCUT2D eigenvalue weighted by Crippen LogP contribution is 2.40. The zero-order valence-electron chi connectivity index (χ0n) is 12.5. The van der Waals surface area contributed by atoms with Crippen LogP contribution in [-0.4, -0.2) is 24.7 Å². The van der Waals surface area contributed by atoms with E-state index >= 15 is 0 Å². The molecule has 1 aliphatic heterocycles. The summed E-state index contributed by atoms with van der Waals surface area (Å²) in [5.41, 5.74) is 1.92. The highest BCUT2D eigenvalue weighted by Gasteiger charge is 2.37. The molecule has 0 radical (unpaired) electrons. The molecule has 2 amide bonds. The normalized spacial score (nSPS) is 15.8. The number of benzene rings is 1. The Kier molecular flexibility index (Phi) is 3.93. The van der Waals surface area contributed by atoms with E-state index in [0.29, 0.717) is 34.6 Å². The number of imide groups is 1. The summed E-state index contributed by atoms with van der Waals surface area (Å²) in [5, 5.41) is 0. The van der Waals surface area contributed by atoms with Crippen LogP contribution in [0.1, 0.15) is 43.1 Å². The van der Waals surface area contributed by atoms with Gasteiger partial charge in [0, 0.05) is 24.5 Å². The van der Waals surface area contributed by atoms with Gasteiger partial charge in [-0.2, -0.15) is 0 Å². The number of anilines is 1. The third-order valence-electron chi connectivity index (χ3n) is 3.49. The van der Waals surface area contributed by atoms with Crippen molar-refractivity contribution in [2.24, 2.45) is 0 Å². The maximum absolute atomic E-state index is 12.5. The van der Waals surface area contributed by atoms with Gasteiger partial charge in [-0.1, -0.05) is 6.92 Å². The van der Waals surface area contributed by atoms with Crippen molar-refractivity contribution in [3.05, 3.63) is 35.1 Å². The molecule has 21 heavy (non-hydrogen) atoms. The molecule has 0 spiro atoms. The Morgan fingerprint density at radius 2 is 1.90 bits per heavy atom. The van der Waals surface area contributed by atoms with Gasteiger partial charge in [-0.15, -0.1) is 0 Å². The fourth-order valence-electron chi connectivity index (χ4n) is 2.49. The van der Waals surface area contributed by atoms with Gasteiger partial charge in [-0.05, 0) is 25.1 Å². The number of carbonyl (C=O) groups excluding carboxylic acids is 3. The molecule has 1 aromatic carbocycles. The Balaban J connectivity index is 2.76. The molecule has 1 aromatic rings. The van der Waals surface area contributed by atoms with Crippen LogP contribution in [0.15, 0.2) is 24.0 Å². The molecule has 0 bridgehead atoms. The van der Waals surface area contributed by atoms with Gasteiger partial charge in [0.15, 0.2) is 5.78 Å². The molecular formula is C16H17NO4. The Bertz CT molecular complexity index is 667. The number of Topliss-reactive ketones (excluding diaryl/α,β-unsaturated/α-hetero) is 1. The SMILES string of the molecule is CC/C(OC)=C1\C(=O)N(C(C)=O)c2ccc(C(C)=O)cc21. The van der Waals surface area contributed by atoms with E-state index in [1.807, 2.05) is 6.92 Å². The molecule has 2 rings (SSSR count). The topological polar surface area (TPSA) is 63.7 Å². The first kappa shape index (κ1) is 15.0. The van der Waals surface area contributed by atoms with Crippen molar-refractivity contribution >= 4 is 28.9 Å². The number of allylic oxidation sites excluding steroid dienone is 1. The van der Waals surface area contributed by atoms with Gasteiger partial charge in [0.2, 0.25) is 5.91 Å². The minimum atomic E-state index is -0.406. The van der Waals surface area contributed by atoms with Crippen molar-refractivity contribution in [2.75, 3.05) is 12.0 Å². The highest BCUT2D eigenvalue weighted by molar-refractivity contribution is 6.40. The monoisotopic (exact) mass is 287 g/mol. The van der Waals surface area contributed by atoms with E-state index in [4.69, 9.17) is 4.74 Å². The minimum absolute atomic E-state index is 0.0960. The number of nitrogens with zero attached hydrogens (tertiary/aromatic N) is 1. The average Bonchev–Trinajstić information content (AvgIpc) is 2.72. The van der Waals surface area contributed by atoms with Crippen LogP contribution >= 0.6 is 0 Å². The first-order valence-electron chi connectivity index (χ1n) is 6.69. The molecule has 1 heterocycles. The lowest BCUT2D eigenvalue weighted by atomic mass is 10.0. The highest BCUT2D eigenvalue weighted by atomic mass is 16.5. The number of hydrogen-bond acceptors (Lipinski definition) is 4. The molecule has 0 saturated carbocycles. The number of rotatable bonds is 3. The second-order valence-corrected chi connectivity index (χ2v) is 4.80. The van der Waals surface area contributed by atoms with E-state index in [1.54, 1.807) is 18.2 Å². The van der Waals surface area contributed by atoms with Gasteiger partial charge >= 0.3 is 0 Å². The summed E-state index contributed by atoms with van der Waals surface area (Å²) in [6.07, 6.45) is 0.521. The lowest BCUT2D eigenvalue weighted by Crippen LogP contribution is -2.31. The second-order valence-electron chi connectivity index (χ2n) is 4.80. The zero-order valence-corrected chi connectivity index (χ0v) is 12.5. The largest absolute Gasteiger partial charge is 0.500 e. The fourth-order valence-corrected chi connectivity index (χ4v) is 2.49. The molecule has 0 N–H and O–H groups in total. The van der Waals surface area contributed by atoms with E-state index in [0.717, 1.165) is 4.90 Å². The van der Waals surface area contributed by atoms with Crippen LogP contribution in [0.5, 0.6) is 0 Å². The molecule has 0 fully saturated rings. The summed E-state index contributed by atoms with van der Waals surface area (Å²) in [4.78, 5) is 36.9. The number of ether oxygens (including phenoxy) is 1. The number of amides is 2. The van der Waals surface area contributed by atoms with E-state index < -0.39 is 5.91 Å². The summed E-state index contributed by atoms with van der Waals surface area (Å²) in [6.45, 7) is 4.66. The summed E-state index contributed by atoms with van der Waals surface area (Å²) >= 11 is 0. The molecule has 0 atom stereocenters. The number of hydrogen-bond donors (Lipinski definition) is 0. The minimum Gasteiger partial charge on any atom is -0.500 e. The molecule has 0 unspecified atom stereocenters. The van der Waals surface area contributed by atoms with Crippen LogP contribution in [-0.2, 0) is 14.3 Å². The Hall–Kier alpha value is -2.43. The van der Waals surface area contributed by atoms with Crippen LogP contribution in [0.2, 0.25) is 0 Å². The molecular weight excluding hydrogens is 270 g/mol. The van der Waals surface area contributed by atoms with Gasteiger partial charge in [0.05, 0.1) is 18.4 Å². The zero-order chi connectivity index (χ0) is 15.7. The van der Waals surface area contributed by atoms with Crippen molar-refractivity contribution in [1.29, 1.82) is 0 Å². The third kappa shape index (κ3) is 2.35. The van der Waals surface area contributed by atoms with Crippen molar-refractivity contribution in [1.82, 2.24) is 0 Å². The Morgan fingerprint density at radius 1 is 1.24 bits per heavy atom. The van der Waals surface area contributed by atoms with Gasteiger partial charge in [-0.25, -0.2) is 4.90 Å². The quantitative estimate of drug-likeness (QED) is 0.487. The maximum atomic E-state index is 12.5. The lowest BCUT2D eigenvalue weighted by Gasteiger charge is -2.12. The molecule has 110 valence electrons. The lowest BCUT2D eigenvalue weighted by molar-refractivity contribution is -0.122. The summed E-state index contributed by atoms with van der Waals surface area (Å²) in [7, 11) is 1.49. The van der Waals surface area contributed by atoms with Crippen molar-refractivity contribution in [3.63, 3.8) is 0 Å². The molecule has 0 aliphatic carbocycles. The van der Waals surface area contributed by atoms with Crippen LogP contribution in [0.4, 0.5) is 5.69 Å². The number of carbonyl (C=O) groups is 3. The van der Waals surface area contributed by atoms with E-state index in [-0.39, 0.29) is 11.7 Å². The molecule has 5 nitrogen and oxygen atoms in total. The van der Waals surface area contributed by atoms with E-state index in [9.17, 15) is 14.4 Å². The van der Waals surface area contributed by atoms with Crippen LogP contribution in [0, 0.1) is 0 Å². The molecule has 1 aliphatic rings. The van der Waals surface area contributed by atoms with Gasteiger partial charge in [0.1, 0.15) is 5.76 Å². The Labute approximate surface area is 123 Å².